The minimum atomic E-state index is -0.418. The fourth-order valence-electron chi connectivity index (χ4n) is 5.98. The quantitative estimate of drug-likeness (QED) is 0.583. The molecule has 1 atom stereocenters. The van der Waals surface area contributed by atoms with Crippen molar-refractivity contribution < 1.29 is 4.79 Å². The first-order valence-electron chi connectivity index (χ1n) is 12.8. The van der Waals surface area contributed by atoms with Gasteiger partial charge < -0.3 is 20.9 Å². The third-order valence-corrected chi connectivity index (χ3v) is 8.19. The average molecular weight is 480 g/mol. The minimum absolute atomic E-state index is 0.229. The number of carbonyl (C=O) groups excluding carboxylic acids is 1. The summed E-state index contributed by atoms with van der Waals surface area (Å²) < 4.78 is 1.50. The number of anilines is 1. The van der Waals surface area contributed by atoms with E-state index in [4.69, 9.17) is 5.73 Å². The first kappa shape index (κ1) is 24.0. The van der Waals surface area contributed by atoms with Crippen LogP contribution < -0.4 is 22.1 Å². The Bertz CT molecular complexity index is 1100. The highest BCUT2D eigenvalue weighted by atomic mass is 16.2. The Hall–Kier alpha value is -2.75. The van der Waals surface area contributed by atoms with Gasteiger partial charge in [0.2, 0.25) is 0 Å². The van der Waals surface area contributed by atoms with Crippen LogP contribution in [0.3, 0.4) is 0 Å². The van der Waals surface area contributed by atoms with Gasteiger partial charge in [0.15, 0.2) is 0 Å². The highest BCUT2D eigenvalue weighted by Crippen LogP contribution is 2.56. The van der Waals surface area contributed by atoms with Crippen LogP contribution in [0.5, 0.6) is 0 Å². The number of nitrogens with one attached hydrogen (secondary N) is 2. The first-order valence-corrected chi connectivity index (χ1v) is 12.8. The van der Waals surface area contributed by atoms with Gasteiger partial charge in [-0.25, -0.2) is 9.59 Å². The largest absolute Gasteiger partial charge is 0.354 e. The fourth-order valence-corrected chi connectivity index (χ4v) is 5.98. The molecule has 2 saturated carbocycles. The van der Waals surface area contributed by atoms with Crippen LogP contribution in [0.4, 0.5) is 10.6 Å². The minimum Gasteiger partial charge on any atom is -0.328 e. The Kier molecular flexibility index (Phi) is 6.65. The number of nitrogens with two attached hydrogens (primary N) is 1. The lowest BCUT2D eigenvalue weighted by Crippen LogP contribution is -2.60. The zero-order valence-corrected chi connectivity index (χ0v) is 20.7. The summed E-state index contributed by atoms with van der Waals surface area (Å²) in [6.45, 7) is 5.10. The van der Waals surface area contributed by atoms with Crippen molar-refractivity contribution in [3.63, 3.8) is 0 Å². The SMILES string of the molecule is CC(Cc1ccc(-n2ccc(NC(=O)N3CCNCC3)nc2=O)cc1)N(C)C1CC2(CC(N)C2)C1. The maximum absolute atomic E-state index is 12.6. The molecular formula is C26H37N7O2. The highest BCUT2D eigenvalue weighted by Gasteiger charge is 2.52. The lowest BCUT2D eigenvalue weighted by Gasteiger charge is -2.59. The van der Waals surface area contributed by atoms with E-state index in [1.165, 1.54) is 35.8 Å². The molecule has 2 heterocycles. The van der Waals surface area contributed by atoms with Crippen LogP contribution in [0.15, 0.2) is 41.3 Å². The van der Waals surface area contributed by atoms with Crippen LogP contribution in [-0.2, 0) is 6.42 Å². The molecule has 2 aliphatic carbocycles. The van der Waals surface area contributed by atoms with Gasteiger partial charge in [-0.3, -0.25) is 9.88 Å². The smallest absolute Gasteiger partial charge is 0.328 e. The van der Waals surface area contributed by atoms with E-state index in [9.17, 15) is 9.59 Å². The van der Waals surface area contributed by atoms with E-state index in [1.54, 1.807) is 17.2 Å². The molecular weight excluding hydrogens is 442 g/mol. The second kappa shape index (κ2) is 9.72. The zero-order valence-electron chi connectivity index (χ0n) is 20.7. The van der Waals surface area contributed by atoms with Crippen molar-refractivity contribution in [2.45, 2.75) is 57.2 Å². The van der Waals surface area contributed by atoms with Gasteiger partial charge in [-0.05, 0) is 75.3 Å². The van der Waals surface area contributed by atoms with E-state index in [-0.39, 0.29) is 11.8 Å². The Morgan fingerprint density at radius 2 is 1.89 bits per heavy atom. The van der Waals surface area contributed by atoms with Crippen LogP contribution in [0.25, 0.3) is 5.69 Å². The summed E-state index contributed by atoms with van der Waals surface area (Å²) in [4.78, 5) is 33.3. The number of amides is 2. The Balaban J connectivity index is 1.16. The summed E-state index contributed by atoms with van der Waals surface area (Å²) in [5, 5.41) is 5.94. The topological polar surface area (TPSA) is 109 Å². The van der Waals surface area contributed by atoms with Crippen molar-refractivity contribution >= 4 is 11.8 Å². The van der Waals surface area contributed by atoms with Gasteiger partial charge in [0.1, 0.15) is 5.82 Å². The van der Waals surface area contributed by atoms with Crippen molar-refractivity contribution in [1.82, 2.24) is 24.7 Å². The van der Waals surface area contributed by atoms with E-state index in [0.717, 1.165) is 25.2 Å². The molecule has 3 aliphatic rings. The van der Waals surface area contributed by atoms with E-state index in [2.05, 4.69) is 46.6 Å². The van der Waals surface area contributed by atoms with Gasteiger partial charge in [0.05, 0.1) is 5.69 Å². The fraction of sp³-hybridized carbons (Fsp3) is 0.577. The molecule has 188 valence electrons. The molecule has 1 spiro atoms. The summed E-state index contributed by atoms with van der Waals surface area (Å²) in [6.07, 6.45) is 7.58. The van der Waals surface area contributed by atoms with Crippen molar-refractivity contribution in [3.05, 3.63) is 52.6 Å². The van der Waals surface area contributed by atoms with Gasteiger partial charge in [0, 0.05) is 50.5 Å². The lowest BCUT2D eigenvalue weighted by molar-refractivity contribution is -0.0674. The van der Waals surface area contributed by atoms with Crippen molar-refractivity contribution in [2.24, 2.45) is 11.1 Å². The molecule has 4 N–H and O–H groups in total. The first-order chi connectivity index (χ1) is 16.8. The molecule has 35 heavy (non-hydrogen) atoms. The highest BCUT2D eigenvalue weighted by molar-refractivity contribution is 5.88. The third kappa shape index (κ3) is 5.12. The van der Waals surface area contributed by atoms with Crippen LogP contribution in [0.2, 0.25) is 0 Å². The normalized spacial score (nSPS) is 26.8. The third-order valence-electron chi connectivity index (χ3n) is 8.19. The van der Waals surface area contributed by atoms with Crippen molar-refractivity contribution in [1.29, 1.82) is 0 Å². The van der Waals surface area contributed by atoms with E-state index < -0.39 is 5.69 Å². The predicted octanol–water partition coefficient (Wildman–Crippen LogP) is 1.80. The molecule has 0 radical (unpaired) electrons. The van der Waals surface area contributed by atoms with Gasteiger partial charge in [-0.15, -0.1) is 0 Å². The Morgan fingerprint density at radius 3 is 2.51 bits per heavy atom. The van der Waals surface area contributed by atoms with Gasteiger partial charge in [-0.2, -0.15) is 4.98 Å². The van der Waals surface area contributed by atoms with Crippen molar-refractivity contribution in [3.8, 4) is 5.69 Å². The number of benzene rings is 1. The number of piperazine rings is 1. The summed E-state index contributed by atoms with van der Waals surface area (Å²) in [7, 11) is 2.24. The van der Waals surface area contributed by atoms with E-state index in [1.807, 2.05) is 12.1 Å². The molecule has 9 nitrogen and oxygen atoms in total. The van der Waals surface area contributed by atoms with Crippen LogP contribution in [-0.4, -0.2) is 76.7 Å². The van der Waals surface area contributed by atoms with Crippen LogP contribution in [0, 0.1) is 5.41 Å². The summed E-state index contributed by atoms with van der Waals surface area (Å²) in [6, 6.07) is 11.0. The second-order valence-electron chi connectivity index (χ2n) is 10.7. The number of hydrogen-bond acceptors (Lipinski definition) is 6. The number of hydrogen-bond donors (Lipinski definition) is 3. The summed E-state index contributed by atoms with van der Waals surface area (Å²) in [5.41, 5.74) is 8.14. The number of urea groups is 1. The molecule has 1 aromatic carbocycles. The second-order valence-corrected chi connectivity index (χ2v) is 10.7. The number of nitrogens with zero attached hydrogens (tertiary/aromatic N) is 4. The molecule has 9 heteroatoms. The molecule has 2 amide bonds. The lowest BCUT2D eigenvalue weighted by atomic mass is 9.52. The van der Waals surface area contributed by atoms with Crippen molar-refractivity contribution in [2.75, 3.05) is 38.5 Å². The number of aromatic nitrogens is 2. The standard InChI is InChI=1S/C26H37N7O2/c1-18(31(2)22-16-26(17-22)14-20(27)15-26)13-19-3-5-21(6-4-19)33-10-7-23(30-25(33)35)29-24(34)32-11-8-28-9-12-32/h3-7,10,18,20,22,28H,8-9,11-17,27H2,1-2H3,(H,29,30,34,35). The molecule has 1 unspecified atom stereocenters. The Morgan fingerprint density at radius 1 is 1.20 bits per heavy atom. The number of rotatable bonds is 6. The van der Waals surface area contributed by atoms with E-state index in [0.29, 0.717) is 36.6 Å². The van der Waals surface area contributed by atoms with Crippen LogP contribution >= 0.6 is 0 Å². The average Bonchev–Trinajstić information content (AvgIpc) is 2.81. The molecule has 5 rings (SSSR count). The number of carbonyl (C=O) groups is 1. The molecule has 1 aromatic heterocycles. The monoisotopic (exact) mass is 479 g/mol. The zero-order chi connectivity index (χ0) is 24.6. The molecule has 2 aromatic rings. The molecule has 1 aliphatic heterocycles. The van der Waals surface area contributed by atoms with Gasteiger partial charge >= 0.3 is 11.7 Å². The molecule has 3 fully saturated rings. The summed E-state index contributed by atoms with van der Waals surface area (Å²) >= 11 is 0. The van der Waals surface area contributed by atoms with Gasteiger partial charge in [-0.1, -0.05) is 12.1 Å². The van der Waals surface area contributed by atoms with Crippen LogP contribution in [0.1, 0.15) is 38.2 Å². The summed E-state index contributed by atoms with van der Waals surface area (Å²) in [5.74, 6) is 0.268. The maximum atomic E-state index is 12.6. The Labute approximate surface area is 206 Å². The molecule has 1 saturated heterocycles. The van der Waals surface area contributed by atoms with Gasteiger partial charge in [0.25, 0.3) is 0 Å². The predicted molar refractivity (Wildman–Crippen MR) is 137 cm³/mol. The van der Waals surface area contributed by atoms with E-state index >= 15 is 0 Å². The number of likely N-dealkylation sites (N-methyl/N-ethyl adjacent to an activating group) is 1. The molecule has 0 bridgehead atoms. The maximum Gasteiger partial charge on any atom is 0.354 e.